The fourth-order valence-electron chi connectivity index (χ4n) is 1.23. The quantitative estimate of drug-likeness (QED) is 0.558. The van der Waals surface area contributed by atoms with Crippen molar-refractivity contribution in [2.24, 2.45) is 5.92 Å². The molecule has 1 aliphatic rings. The van der Waals surface area contributed by atoms with Crippen molar-refractivity contribution in [2.75, 3.05) is 0 Å². The maximum atomic E-state index is 2.32. The predicted octanol–water partition coefficient (Wildman–Crippen LogP) is 3.31. The fourth-order valence-corrected chi connectivity index (χ4v) is 1.23. The Labute approximate surface area is 63.6 Å². The van der Waals surface area contributed by atoms with E-state index in [4.69, 9.17) is 0 Å². The Kier molecular flexibility index (Phi) is 2.73. The first kappa shape index (κ1) is 7.59. The highest BCUT2D eigenvalue weighted by atomic mass is 14.1. The Morgan fingerprint density at radius 2 is 2.40 bits per heavy atom. The van der Waals surface area contributed by atoms with Gasteiger partial charge in [-0.05, 0) is 18.8 Å². The maximum Gasteiger partial charge on any atom is -0.0132 e. The molecule has 0 heterocycles. The van der Waals surface area contributed by atoms with Crippen LogP contribution in [-0.4, -0.2) is 0 Å². The van der Waals surface area contributed by atoms with Crippen LogP contribution in [0.2, 0.25) is 0 Å². The third-order valence-electron chi connectivity index (χ3n) is 2.16. The van der Waals surface area contributed by atoms with Gasteiger partial charge in [0.05, 0.1) is 0 Å². The number of allylic oxidation sites excluding steroid dienone is 4. The van der Waals surface area contributed by atoms with Crippen molar-refractivity contribution in [3.8, 4) is 0 Å². The highest BCUT2D eigenvalue weighted by molar-refractivity contribution is 5.22. The summed E-state index contributed by atoms with van der Waals surface area (Å²) in [6.45, 7) is 4.58. The van der Waals surface area contributed by atoms with Gasteiger partial charge in [-0.2, -0.15) is 0 Å². The van der Waals surface area contributed by atoms with E-state index in [0.29, 0.717) is 0 Å². The van der Waals surface area contributed by atoms with Crippen LogP contribution in [0.3, 0.4) is 0 Å². The molecule has 1 unspecified atom stereocenters. The summed E-state index contributed by atoms with van der Waals surface area (Å²) in [4.78, 5) is 0. The van der Waals surface area contributed by atoms with Crippen molar-refractivity contribution in [1.82, 2.24) is 0 Å². The number of hydrogen-bond acceptors (Lipinski definition) is 0. The van der Waals surface area contributed by atoms with Gasteiger partial charge >= 0.3 is 0 Å². The van der Waals surface area contributed by atoms with Crippen molar-refractivity contribution in [1.29, 1.82) is 0 Å². The summed E-state index contributed by atoms with van der Waals surface area (Å²) >= 11 is 0. The molecule has 0 aromatic rings. The molecule has 1 atom stereocenters. The molecule has 0 N–H and O–H groups in total. The van der Waals surface area contributed by atoms with Crippen LogP contribution in [0.5, 0.6) is 0 Å². The van der Waals surface area contributed by atoms with Crippen LogP contribution >= 0.6 is 0 Å². The molecule has 0 fully saturated rings. The molecule has 0 saturated heterocycles. The molecule has 1 aliphatic carbocycles. The van der Waals surface area contributed by atoms with Crippen LogP contribution in [-0.2, 0) is 0 Å². The summed E-state index contributed by atoms with van der Waals surface area (Å²) < 4.78 is 0. The average Bonchev–Trinajstić information content (AvgIpc) is 2.40. The van der Waals surface area contributed by atoms with Crippen LogP contribution in [0.15, 0.2) is 23.8 Å². The van der Waals surface area contributed by atoms with E-state index in [1.54, 1.807) is 5.57 Å². The molecule has 0 aromatic heterocycles. The molecule has 56 valence electrons. The maximum absolute atomic E-state index is 2.32. The summed E-state index contributed by atoms with van der Waals surface area (Å²) in [7, 11) is 0. The minimum atomic E-state index is 0.867. The van der Waals surface area contributed by atoms with Gasteiger partial charge in [-0.15, -0.1) is 0 Å². The molecule has 0 aliphatic heterocycles. The molecular formula is C10H16. The molecule has 0 spiro atoms. The molecule has 0 aromatic carbocycles. The summed E-state index contributed by atoms with van der Waals surface area (Å²) in [5.41, 5.74) is 1.61. The van der Waals surface area contributed by atoms with Gasteiger partial charge in [0.15, 0.2) is 0 Å². The minimum absolute atomic E-state index is 0.867. The molecule has 0 amide bonds. The van der Waals surface area contributed by atoms with Crippen LogP contribution in [0, 0.1) is 5.92 Å². The Hall–Kier alpha value is -0.520. The zero-order chi connectivity index (χ0) is 7.40. The molecule has 0 nitrogen and oxygen atoms in total. The molecule has 1 rings (SSSR count). The van der Waals surface area contributed by atoms with Crippen molar-refractivity contribution < 1.29 is 0 Å². The zero-order valence-electron chi connectivity index (χ0n) is 6.93. The standard InChI is InChI=1S/C10H16/c1-3-9(2)8-10-6-4-5-7-10/h4-6,9H,3,7-8H2,1-2H3. The van der Waals surface area contributed by atoms with Crippen molar-refractivity contribution in [3.05, 3.63) is 23.8 Å². The van der Waals surface area contributed by atoms with Gasteiger partial charge in [0, 0.05) is 0 Å². The van der Waals surface area contributed by atoms with Crippen LogP contribution in [0.1, 0.15) is 33.1 Å². The van der Waals surface area contributed by atoms with Gasteiger partial charge < -0.3 is 0 Å². The van der Waals surface area contributed by atoms with Gasteiger partial charge in [-0.3, -0.25) is 0 Å². The van der Waals surface area contributed by atoms with Gasteiger partial charge in [0.2, 0.25) is 0 Å². The summed E-state index contributed by atoms with van der Waals surface area (Å²) in [5.74, 6) is 0.867. The number of hydrogen-bond donors (Lipinski definition) is 0. The number of rotatable bonds is 3. The molecular weight excluding hydrogens is 120 g/mol. The van der Waals surface area contributed by atoms with Gasteiger partial charge in [0.1, 0.15) is 0 Å². The SMILES string of the molecule is CCC(C)CC1=CC=CC1. The molecule has 10 heavy (non-hydrogen) atoms. The molecule has 0 radical (unpaired) electrons. The first-order chi connectivity index (χ1) is 4.83. The third-order valence-corrected chi connectivity index (χ3v) is 2.16. The van der Waals surface area contributed by atoms with Crippen molar-refractivity contribution in [3.63, 3.8) is 0 Å². The van der Waals surface area contributed by atoms with E-state index < -0.39 is 0 Å². The highest BCUT2D eigenvalue weighted by Crippen LogP contribution is 2.20. The first-order valence-electron chi connectivity index (χ1n) is 4.17. The lowest BCUT2D eigenvalue weighted by Crippen LogP contribution is -1.92. The Morgan fingerprint density at radius 3 is 2.90 bits per heavy atom. The minimum Gasteiger partial charge on any atom is -0.0805 e. The van der Waals surface area contributed by atoms with E-state index in [1.807, 2.05) is 0 Å². The molecule has 0 saturated carbocycles. The molecule has 0 bridgehead atoms. The van der Waals surface area contributed by atoms with E-state index in [2.05, 4.69) is 32.1 Å². The predicted molar refractivity (Wildman–Crippen MR) is 45.9 cm³/mol. The van der Waals surface area contributed by atoms with Gasteiger partial charge in [-0.25, -0.2) is 0 Å². The topological polar surface area (TPSA) is 0 Å². The Balaban J connectivity index is 2.26. The van der Waals surface area contributed by atoms with E-state index in [0.717, 1.165) is 5.92 Å². The second-order valence-corrected chi connectivity index (χ2v) is 3.17. The van der Waals surface area contributed by atoms with Crippen LogP contribution < -0.4 is 0 Å². The van der Waals surface area contributed by atoms with E-state index in [9.17, 15) is 0 Å². The summed E-state index contributed by atoms with van der Waals surface area (Å²) in [6.07, 6.45) is 10.5. The normalized spacial score (nSPS) is 19.2. The lowest BCUT2D eigenvalue weighted by molar-refractivity contribution is 0.554. The summed E-state index contributed by atoms with van der Waals surface area (Å²) in [5, 5.41) is 0. The lowest BCUT2D eigenvalue weighted by atomic mass is 9.98. The largest absolute Gasteiger partial charge is 0.0805 e. The Morgan fingerprint density at radius 1 is 1.60 bits per heavy atom. The van der Waals surface area contributed by atoms with Crippen molar-refractivity contribution >= 4 is 0 Å². The summed E-state index contributed by atoms with van der Waals surface area (Å²) in [6, 6.07) is 0. The monoisotopic (exact) mass is 136 g/mol. The lowest BCUT2D eigenvalue weighted by Gasteiger charge is -2.07. The molecule has 0 heteroatoms. The smallest absolute Gasteiger partial charge is 0.0132 e. The first-order valence-corrected chi connectivity index (χ1v) is 4.17. The third kappa shape index (κ3) is 2.02. The van der Waals surface area contributed by atoms with E-state index >= 15 is 0 Å². The second-order valence-electron chi connectivity index (χ2n) is 3.17. The highest BCUT2D eigenvalue weighted by Gasteiger charge is 2.03. The second kappa shape index (κ2) is 3.60. The van der Waals surface area contributed by atoms with E-state index in [1.165, 1.54) is 19.3 Å². The average molecular weight is 136 g/mol. The van der Waals surface area contributed by atoms with Gasteiger partial charge in [-0.1, -0.05) is 44.1 Å². The van der Waals surface area contributed by atoms with Crippen molar-refractivity contribution in [2.45, 2.75) is 33.1 Å². The van der Waals surface area contributed by atoms with Gasteiger partial charge in [0.25, 0.3) is 0 Å². The Bertz CT molecular complexity index is 151. The fraction of sp³-hybridized carbons (Fsp3) is 0.600. The zero-order valence-corrected chi connectivity index (χ0v) is 6.93. The van der Waals surface area contributed by atoms with Crippen LogP contribution in [0.25, 0.3) is 0 Å². The van der Waals surface area contributed by atoms with E-state index in [-0.39, 0.29) is 0 Å². The van der Waals surface area contributed by atoms with Crippen LogP contribution in [0.4, 0.5) is 0 Å².